The minimum Gasteiger partial charge on any atom is -0.490 e. The van der Waals surface area contributed by atoms with E-state index in [-0.39, 0.29) is 30.2 Å². The van der Waals surface area contributed by atoms with E-state index in [0.29, 0.717) is 17.7 Å². The molecule has 1 unspecified atom stereocenters. The third-order valence-corrected chi connectivity index (χ3v) is 6.58. The van der Waals surface area contributed by atoms with Crippen molar-refractivity contribution in [3.8, 4) is 23.1 Å². The normalized spacial score (nSPS) is 11.6. The summed E-state index contributed by atoms with van der Waals surface area (Å²) in [6, 6.07) is 18.0. The average Bonchev–Trinajstić information content (AvgIpc) is 3.37. The van der Waals surface area contributed by atoms with E-state index in [2.05, 4.69) is 37.9 Å². The molecular formula is C29H29BrN6O3. The third kappa shape index (κ3) is 6.94. The summed E-state index contributed by atoms with van der Waals surface area (Å²) in [6.07, 6.45) is 4.30. The summed E-state index contributed by atoms with van der Waals surface area (Å²) < 4.78 is 8.53. The first-order chi connectivity index (χ1) is 18.8. The minimum atomic E-state index is -0.399. The maximum Gasteiger partial charge on any atom is 0.314 e. The van der Waals surface area contributed by atoms with Crippen LogP contribution in [0.4, 0.5) is 4.79 Å². The Morgan fingerprint density at radius 3 is 2.59 bits per heavy atom. The SMILES string of the molecule is CNC(=O)NCC(Cc1ccc(-c2cn3cccc(Br)c3n2)cc1)NC(=O)c1ccc(OC(C)C)c(C#N)c1. The largest absolute Gasteiger partial charge is 0.490 e. The first-order valence-electron chi connectivity index (χ1n) is 12.5. The number of nitrogens with zero attached hydrogens (tertiary/aromatic N) is 3. The molecule has 4 aromatic rings. The number of hydrogen-bond donors (Lipinski definition) is 3. The lowest BCUT2D eigenvalue weighted by Gasteiger charge is -2.20. The van der Waals surface area contributed by atoms with Crippen molar-refractivity contribution >= 4 is 33.5 Å². The maximum atomic E-state index is 13.1. The highest BCUT2D eigenvalue weighted by Gasteiger charge is 2.18. The van der Waals surface area contributed by atoms with Crippen LogP contribution in [0, 0.1) is 11.3 Å². The molecule has 0 bridgehead atoms. The summed E-state index contributed by atoms with van der Waals surface area (Å²) in [5, 5.41) is 17.8. The highest BCUT2D eigenvalue weighted by atomic mass is 79.9. The fourth-order valence-corrected chi connectivity index (χ4v) is 4.52. The number of ether oxygens (including phenoxy) is 1. The van der Waals surface area contributed by atoms with Gasteiger partial charge in [0.1, 0.15) is 11.8 Å². The lowest BCUT2D eigenvalue weighted by molar-refractivity contribution is 0.0936. The van der Waals surface area contributed by atoms with Gasteiger partial charge in [0.25, 0.3) is 5.91 Å². The molecule has 200 valence electrons. The molecule has 2 aromatic carbocycles. The fourth-order valence-electron chi connectivity index (χ4n) is 4.08. The summed E-state index contributed by atoms with van der Waals surface area (Å²) >= 11 is 3.53. The second-order valence-electron chi connectivity index (χ2n) is 9.23. The molecular weight excluding hydrogens is 560 g/mol. The van der Waals surface area contributed by atoms with Gasteiger partial charge in [0.2, 0.25) is 0 Å². The summed E-state index contributed by atoms with van der Waals surface area (Å²) in [5.74, 6) is 0.0816. The van der Waals surface area contributed by atoms with Crippen LogP contribution in [0.15, 0.2) is 71.5 Å². The predicted molar refractivity (Wildman–Crippen MR) is 153 cm³/mol. The van der Waals surface area contributed by atoms with Crippen LogP contribution in [0.25, 0.3) is 16.9 Å². The summed E-state index contributed by atoms with van der Waals surface area (Å²) in [7, 11) is 1.53. The molecule has 2 heterocycles. The number of urea groups is 1. The van der Waals surface area contributed by atoms with Crippen LogP contribution >= 0.6 is 15.9 Å². The standard InChI is InChI=1S/C29H29BrN6O3/c1-18(2)39-26-11-10-21(14-22(26)15-31)28(37)34-23(16-33-29(38)32-3)13-19-6-8-20(9-7-19)25-17-36-12-4-5-24(30)27(36)35-25/h4-12,14,17-18,23H,13,16H2,1-3H3,(H,34,37)(H2,32,33,38). The number of carbonyl (C=O) groups excluding carboxylic acids is 2. The highest BCUT2D eigenvalue weighted by molar-refractivity contribution is 9.10. The number of aromatic nitrogens is 2. The number of nitriles is 1. The van der Waals surface area contributed by atoms with E-state index in [1.165, 1.54) is 13.1 Å². The highest BCUT2D eigenvalue weighted by Crippen LogP contribution is 2.24. The predicted octanol–water partition coefficient (Wildman–Crippen LogP) is 4.69. The van der Waals surface area contributed by atoms with Gasteiger partial charge in [-0.2, -0.15) is 5.26 Å². The average molecular weight is 589 g/mol. The van der Waals surface area contributed by atoms with Crippen LogP contribution in [0.2, 0.25) is 0 Å². The number of fused-ring (bicyclic) bond motifs is 1. The fraction of sp³-hybridized carbons (Fsp3) is 0.241. The van der Waals surface area contributed by atoms with E-state index in [1.54, 1.807) is 12.1 Å². The van der Waals surface area contributed by atoms with Gasteiger partial charge >= 0.3 is 6.03 Å². The Kier molecular flexibility index (Phi) is 8.84. The lowest BCUT2D eigenvalue weighted by atomic mass is 10.0. The number of amides is 3. The van der Waals surface area contributed by atoms with Gasteiger partial charge in [-0.15, -0.1) is 0 Å². The Balaban J connectivity index is 1.50. The Bertz CT molecular complexity index is 1520. The van der Waals surface area contributed by atoms with Crippen molar-refractivity contribution in [3.63, 3.8) is 0 Å². The molecule has 0 aliphatic carbocycles. The number of pyridine rings is 1. The Hall–Kier alpha value is -4.36. The first kappa shape index (κ1) is 27.7. The Labute approximate surface area is 235 Å². The Morgan fingerprint density at radius 2 is 1.92 bits per heavy atom. The van der Waals surface area contributed by atoms with Crippen molar-refractivity contribution in [3.05, 3.63) is 88.2 Å². The molecule has 3 amide bonds. The van der Waals surface area contributed by atoms with Gasteiger partial charge in [0.15, 0.2) is 5.65 Å². The third-order valence-electron chi connectivity index (χ3n) is 5.96. The van der Waals surface area contributed by atoms with Gasteiger partial charge in [0.05, 0.1) is 27.9 Å². The lowest BCUT2D eigenvalue weighted by Crippen LogP contribution is -2.46. The van der Waals surface area contributed by atoms with Crippen molar-refractivity contribution in [2.45, 2.75) is 32.4 Å². The van der Waals surface area contributed by atoms with Crippen LogP contribution in [0.5, 0.6) is 5.75 Å². The quantitative estimate of drug-likeness (QED) is 0.262. The number of imidazole rings is 1. The number of rotatable bonds is 9. The summed E-state index contributed by atoms with van der Waals surface area (Å²) in [5.41, 5.74) is 4.24. The van der Waals surface area contributed by atoms with E-state index in [9.17, 15) is 14.9 Å². The minimum absolute atomic E-state index is 0.0992. The number of halogens is 1. The van der Waals surface area contributed by atoms with Crippen molar-refractivity contribution in [2.75, 3.05) is 13.6 Å². The molecule has 0 saturated heterocycles. The zero-order chi connectivity index (χ0) is 27.9. The molecule has 0 radical (unpaired) electrons. The van der Waals surface area contributed by atoms with Gasteiger partial charge in [0, 0.05) is 37.1 Å². The molecule has 0 fully saturated rings. The van der Waals surface area contributed by atoms with Crippen LogP contribution in [0.1, 0.15) is 35.3 Å². The number of benzene rings is 2. The van der Waals surface area contributed by atoms with Gasteiger partial charge < -0.3 is 25.1 Å². The molecule has 0 saturated carbocycles. The maximum absolute atomic E-state index is 13.1. The number of carbonyl (C=O) groups is 2. The molecule has 0 aliphatic rings. The Morgan fingerprint density at radius 1 is 1.15 bits per heavy atom. The number of hydrogen-bond acceptors (Lipinski definition) is 5. The van der Waals surface area contributed by atoms with Gasteiger partial charge in [-0.3, -0.25) is 4.79 Å². The summed E-state index contributed by atoms with van der Waals surface area (Å²) in [4.78, 5) is 29.7. The van der Waals surface area contributed by atoms with Crippen LogP contribution in [-0.4, -0.2) is 47.1 Å². The van der Waals surface area contributed by atoms with Crippen molar-refractivity contribution in [1.29, 1.82) is 5.26 Å². The van der Waals surface area contributed by atoms with Crippen molar-refractivity contribution in [2.24, 2.45) is 0 Å². The molecule has 2 aromatic heterocycles. The second-order valence-corrected chi connectivity index (χ2v) is 10.1. The van der Waals surface area contributed by atoms with Crippen LogP contribution < -0.4 is 20.7 Å². The molecule has 0 aliphatic heterocycles. The van der Waals surface area contributed by atoms with E-state index in [0.717, 1.165) is 26.9 Å². The van der Waals surface area contributed by atoms with Gasteiger partial charge in [-0.25, -0.2) is 9.78 Å². The van der Waals surface area contributed by atoms with Crippen molar-refractivity contribution in [1.82, 2.24) is 25.3 Å². The zero-order valence-corrected chi connectivity index (χ0v) is 23.5. The van der Waals surface area contributed by atoms with Gasteiger partial charge in [-0.1, -0.05) is 24.3 Å². The topological polar surface area (TPSA) is 121 Å². The van der Waals surface area contributed by atoms with E-state index in [4.69, 9.17) is 9.72 Å². The molecule has 39 heavy (non-hydrogen) atoms. The molecule has 3 N–H and O–H groups in total. The van der Waals surface area contributed by atoms with Crippen LogP contribution in [-0.2, 0) is 6.42 Å². The first-order valence-corrected chi connectivity index (χ1v) is 13.3. The molecule has 9 nitrogen and oxygen atoms in total. The molecule has 4 rings (SSSR count). The molecule has 1 atom stereocenters. The molecule has 0 spiro atoms. The summed E-state index contributed by atoms with van der Waals surface area (Å²) in [6.45, 7) is 3.96. The smallest absolute Gasteiger partial charge is 0.314 e. The molecule has 10 heteroatoms. The van der Waals surface area contributed by atoms with E-state index in [1.807, 2.05) is 67.0 Å². The van der Waals surface area contributed by atoms with Crippen LogP contribution in [0.3, 0.4) is 0 Å². The van der Waals surface area contributed by atoms with E-state index >= 15 is 0 Å². The second kappa shape index (κ2) is 12.5. The van der Waals surface area contributed by atoms with Crippen molar-refractivity contribution < 1.29 is 14.3 Å². The monoisotopic (exact) mass is 588 g/mol. The zero-order valence-electron chi connectivity index (χ0n) is 21.9. The van der Waals surface area contributed by atoms with Gasteiger partial charge in [-0.05, 0) is 72.1 Å². The number of nitrogens with one attached hydrogen (secondary N) is 3. The van der Waals surface area contributed by atoms with E-state index < -0.39 is 6.04 Å².